The van der Waals surface area contributed by atoms with E-state index in [0.29, 0.717) is 38.4 Å². The predicted molar refractivity (Wildman–Crippen MR) is 103 cm³/mol. The molecule has 0 unspecified atom stereocenters. The summed E-state index contributed by atoms with van der Waals surface area (Å²) in [6, 6.07) is 17.5. The number of hydrogen-bond acceptors (Lipinski definition) is 3. The summed E-state index contributed by atoms with van der Waals surface area (Å²) < 4.78 is 5.69. The molecule has 0 aliphatic heterocycles. The first kappa shape index (κ1) is 17.8. The van der Waals surface area contributed by atoms with Gasteiger partial charge in [0.25, 0.3) is 0 Å². The second-order valence-electron chi connectivity index (χ2n) is 5.28. The molecule has 0 fully saturated rings. The maximum absolute atomic E-state index is 12.0. The molecule has 26 heavy (non-hydrogen) atoms. The van der Waals surface area contributed by atoms with Crippen molar-refractivity contribution in [2.45, 2.75) is 0 Å². The second kappa shape index (κ2) is 7.92. The average molecular weight is 383 g/mol. The molecule has 4 nitrogen and oxygen atoms in total. The molecule has 0 radical (unpaired) electrons. The highest BCUT2D eigenvalue weighted by atomic mass is 35.5. The van der Waals surface area contributed by atoms with E-state index in [-0.39, 0.29) is 5.91 Å². The van der Waals surface area contributed by atoms with E-state index in [1.165, 1.54) is 12.2 Å². The van der Waals surface area contributed by atoms with Crippen molar-refractivity contribution in [2.24, 2.45) is 0 Å². The molecule has 3 aromatic rings. The van der Waals surface area contributed by atoms with Crippen molar-refractivity contribution >= 4 is 40.9 Å². The minimum atomic E-state index is -0.369. The zero-order valence-corrected chi connectivity index (χ0v) is 14.9. The lowest BCUT2D eigenvalue weighted by Gasteiger charge is -2.03. The van der Waals surface area contributed by atoms with E-state index < -0.39 is 0 Å². The lowest BCUT2D eigenvalue weighted by atomic mass is 10.2. The first-order valence-corrected chi connectivity index (χ1v) is 8.36. The number of nitrogens with zero attached hydrogens (tertiary/aromatic N) is 1. The monoisotopic (exact) mass is 382 g/mol. The first-order valence-electron chi connectivity index (χ1n) is 7.61. The molecule has 0 saturated carbocycles. The molecule has 2 aromatic carbocycles. The van der Waals surface area contributed by atoms with Gasteiger partial charge in [-0.15, -0.1) is 0 Å². The summed E-state index contributed by atoms with van der Waals surface area (Å²) in [5.74, 6) is 0.665. The fraction of sp³-hybridized carbons (Fsp3) is 0. The van der Waals surface area contributed by atoms with Crippen LogP contribution in [-0.4, -0.2) is 5.91 Å². The Hall–Kier alpha value is -3.00. The highest BCUT2D eigenvalue weighted by Crippen LogP contribution is 2.34. The topological polar surface area (TPSA) is 66.0 Å². The third-order valence-corrected chi connectivity index (χ3v) is 4.37. The van der Waals surface area contributed by atoms with Gasteiger partial charge in [-0.1, -0.05) is 41.4 Å². The minimum absolute atomic E-state index is 0.369. The number of carbonyl (C=O) groups excluding carboxylic acids is 1. The van der Waals surface area contributed by atoms with E-state index in [2.05, 4.69) is 5.32 Å². The molecule has 1 amide bonds. The van der Waals surface area contributed by atoms with Crippen LogP contribution < -0.4 is 5.32 Å². The minimum Gasteiger partial charge on any atom is -0.457 e. The molecule has 0 aliphatic carbocycles. The SMILES string of the molecule is N#Cc1ccccc1NC(=O)C=Cc1ccc(-c2cccc(Cl)c2Cl)o1. The Kier molecular flexibility index (Phi) is 5.43. The summed E-state index contributed by atoms with van der Waals surface area (Å²) in [4.78, 5) is 12.0. The highest BCUT2D eigenvalue weighted by Gasteiger charge is 2.10. The van der Waals surface area contributed by atoms with E-state index in [0.717, 1.165) is 0 Å². The predicted octanol–water partition coefficient (Wildman–Crippen LogP) is 5.78. The van der Waals surface area contributed by atoms with Crippen LogP contribution >= 0.6 is 23.2 Å². The fourth-order valence-corrected chi connectivity index (χ4v) is 2.70. The Morgan fingerprint density at radius 2 is 1.88 bits per heavy atom. The van der Waals surface area contributed by atoms with Crippen molar-refractivity contribution < 1.29 is 9.21 Å². The van der Waals surface area contributed by atoms with Crippen LogP contribution in [0.4, 0.5) is 5.69 Å². The number of rotatable bonds is 4. The van der Waals surface area contributed by atoms with Gasteiger partial charge < -0.3 is 9.73 Å². The smallest absolute Gasteiger partial charge is 0.248 e. The van der Waals surface area contributed by atoms with Gasteiger partial charge in [-0.05, 0) is 42.5 Å². The van der Waals surface area contributed by atoms with E-state index >= 15 is 0 Å². The normalized spacial score (nSPS) is 10.7. The van der Waals surface area contributed by atoms with Gasteiger partial charge >= 0.3 is 0 Å². The van der Waals surface area contributed by atoms with Crippen LogP contribution in [0.5, 0.6) is 0 Å². The summed E-state index contributed by atoms with van der Waals surface area (Å²) >= 11 is 12.2. The number of anilines is 1. The van der Waals surface area contributed by atoms with Crippen LogP contribution in [-0.2, 0) is 4.79 Å². The Bertz CT molecular complexity index is 1030. The van der Waals surface area contributed by atoms with Crippen LogP contribution in [0.3, 0.4) is 0 Å². The van der Waals surface area contributed by atoms with Crippen LogP contribution in [0, 0.1) is 11.3 Å². The number of furan rings is 1. The number of carbonyl (C=O) groups is 1. The molecule has 128 valence electrons. The standard InChI is InChI=1S/C20H12Cl2N2O2/c21-16-6-3-5-15(20(16)22)18-10-8-14(26-18)9-11-19(25)24-17-7-2-1-4-13(17)12-23/h1-11H,(H,24,25). The van der Waals surface area contributed by atoms with Crippen LogP contribution in [0.15, 0.2) is 65.1 Å². The van der Waals surface area contributed by atoms with Gasteiger partial charge in [0.1, 0.15) is 17.6 Å². The molecule has 0 aliphatic rings. The highest BCUT2D eigenvalue weighted by molar-refractivity contribution is 6.43. The largest absolute Gasteiger partial charge is 0.457 e. The lowest BCUT2D eigenvalue weighted by Crippen LogP contribution is -2.08. The summed E-state index contributed by atoms with van der Waals surface area (Å²) in [5, 5.41) is 12.5. The lowest BCUT2D eigenvalue weighted by molar-refractivity contribution is -0.111. The Morgan fingerprint density at radius 1 is 1.08 bits per heavy atom. The molecule has 6 heteroatoms. The number of para-hydroxylation sites is 1. The number of benzene rings is 2. The molecular weight excluding hydrogens is 371 g/mol. The quantitative estimate of drug-likeness (QED) is 0.581. The number of nitriles is 1. The van der Waals surface area contributed by atoms with Crippen molar-refractivity contribution in [2.75, 3.05) is 5.32 Å². The zero-order valence-electron chi connectivity index (χ0n) is 13.4. The fourth-order valence-electron chi connectivity index (χ4n) is 2.30. The number of hydrogen-bond donors (Lipinski definition) is 1. The molecule has 3 rings (SSSR count). The summed E-state index contributed by atoms with van der Waals surface area (Å²) in [5.41, 5.74) is 1.52. The van der Waals surface area contributed by atoms with E-state index in [1.807, 2.05) is 6.07 Å². The summed E-state index contributed by atoms with van der Waals surface area (Å²) in [6.45, 7) is 0. The van der Waals surface area contributed by atoms with Gasteiger partial charge in [0.15, 0.2) is 0 Å². The molecule has 1 heterocycles. The van der Waals surface area contributed by atoms with E-state index in [4.69, 9.17) is 32.9 Å². The van der Waals surface area contributed by atoms with Crippen molar-refractivity contribution in [1.29, 1.82) is 5.26 Å². The molecule has 0 saturated heterocycles. The maximum Gasteiger partial charge on any atom is 0.248 e. The summed E-state index contributed by atoms with van der Waals surface area (Å²) in [7, 11) is 0. The average Bonchev–Trinajstić information content (AvgIpc) is 3.11. The van der Waals surface area contributed by atoms with Crippen LogP contribution in [0.25, 0.3) is 17.4 Å². The molecule has 1 N–H and O–H groups in total. The van der Waals surface area contributed by atoms with Gasteiger partial charge in [-0.2, -0.15) is 5.26 Å². The van der Waals surface area contributed by atoms with Gasteiger partial charge in [0.2, 0.25) is 5.91 Å². The number of amides is 1. The first-order chi connectivity index (χ1) is 12.6. The Balaban J connectivity index is 1.74. The van der Waals surface area contributed by atoms with Gasteiger partial charge in [0.05, 0.1) is 21.3 Å². The number of halogens is 2. The van der Waals surface area contributed by atoms with Crippen molar-refractivity contribution in [3.05, 3.63) is 82.0 Å². The van der Waals surface area contributed by atoms with Crippen molar-refractivity contribution in [3.63, 3.8) is 0 Å². The van der Waals surface area contributed by atoms with E-state index in [9.17, 15) is 4.79 Å². The molecule has 1 aromatic heterocycles. The van der Waals surface area contributed by atoms with Crippen molar-refractivity contribution in [3.8, 4) is 17.4 Å². The van der Waals surface area contributed by atoms with Gasteiger partial charge in [0, 0.05) is 11.6 Å². The zero-order chi connectivity index (χ0) is 18.5. The third-order valence-electron chi connectivity index (χ3n) is 3.55. The summed E-state index contributed by atoms with van der Waals surface area (Å²) in [6.07, 6.45) is 2.86. The Morgan fingerprint density at radius 3 is 2.69 bits per heavy atom. The van der Waals surface area contributed by atoms with Gasteiger partial charge in [-0.25, -0.2) is 0 Å². The van der Waals surface area contributed by atoms with Crippen molar-refractivity contribution in [1.82, 2.24) is 0 Å². The van der Waals surface area contributed by atoms with Crippen LogP contribution in [0.2, 0.25) is 10.0 Å². The molecule has 0 spiro atoms. The second-order valence-corrected chi connectivity index (χ2v) is 6.07. The molecular formula is C20H12Cl2N2O2. The Labute approximate surface area is 160 Å². The third kappa shape index (κ3) is 3.97. The van der Waals surface area contributed by atoms with Gasteiger partial charge in [-0.3, -0.25) is 4.79 Å². The number of nitrogens with one attached hydrogen (secondary N) is 1. The molecule has 0 bridgehead atoms. The van der Waals surface area contributed by atoms with E-state index in [1.54, 1.807) is 54.6 Å². The maximum atomic E-state index is 12.0. The van der Waals surface area contributed by atoms with Crippen LogP contribution in [0.1, 0.15) is 11.3 Å². The molecule has 0 atom stereocenters.